The van der Waals surface area contributed by atoms with E-state index in [0.29, 0.717) is 151 Å². The summed E-state index contributed by atoms with van der Waals surface area (Å²) in [5.41, 5.74) is 7.93. The maximum atomic E-state index is 12.8. The van der Waals surface area contributed by atoms with E-state index >= 15 is 0 Å². The van der Waals surface area contributed by atoms with Crippen LogP contribution in [0.15, 0.2) is 162 Å². The third-order valence-electron chi connectivity index (χ3n) is 23.0. The minimum Gasteiger partial charge on any atom is -0.493 e. The number of rotatable bonds is 32. The predicted octanol–water partition coefficient (Wildman–Crippen LogP) is 17.4. The number of fused-ring (bicyclic) bond motifs is 20. The normalized spacial score (nSPS) is 12.3. The van der Waals surface area contributed by atoms with E-state index in [4.69, 9.17) is 106 Å². The molecule has 0 saturated heterocycles. The minimum absolute atomic E-state index is 0.176. The lowest BCUT2D eigenvalue weighted by molar-refractivity contribution is 0.0520. The van der Waals surface area contributed by atoms with Crippen molar-refractivity contribution in [3.8, 4) is 138 Å². The fourth-order valence-corrected chi connectivity index (χ4v) is 19.2. The van der Waals surface area contributed by atoms with E-state index < -0.39 is 23.9 Å². The maximum absolute atomic E-state index is 12.8. The topological polar surface area (TPSA) is 443 Å². The highest BCUT2D eigenvalue weighted by Crippen LogP contribution is 2.50. The number of ether oxygens (including phenoxy) is 16. The quantitative estimate of drug-likeness (QED) is 0.0171. The monoisotopic (exact) mass is 2020 g/mol. The number of nitrogens with zero attached hydrogens (tertiary/aromatic N) is 18. The van der Waals surface area contributed by atoms with E-state index in [2.05, 4.69) is 50.8 Å². The molecule has 0 radical (unpaired) electrons. The summed E-state index contributed by atoms with van der Waals surface area (Å²) in [5.74, 6) is 3.21. The summed E-state index contributed by atoms with van der Waals surface area (Å²) in [4.78, 5) is 94.3. The Morgan fingerprint density at radius 1 is 0.299 bits per heavy atom. The van der Waals surface area contributed by atoms with Crippen molar-refractivity contribution in [2.24, 2.45) is 69.0 Å². The highest BCUT2D eigenvalue weighted by atomic mass is 32.1. The molecule has 7 aromatic heterocycles. The second kappa shape index (κ2) is 42.6. The van der Waals surface area contributed by atoms with Gasteiger partial charge in [-0.05, 0) is 177 Å². The van der Waals surface area contributed by atoms with Crippen LogP contribution < -0.4 is 76.0 Å². The Morgan fingerprint density at radius 2 is 0.521 bits per heavy atom. The Hall–Kier alpha value is -17.0. The number of H-pyrrole nitrogens is 2. The van der Waals surface area contributed by atoms with Crippen LogP contribution in [0.1, 0.15) is 111 Å². The smallest absolute Gasteiger partial charge is 0.350 e. The molecule has 144 heavy (non-hydrogen) atoms. The molecule has 0 atom stereocenters. The van der Waals surface area contributed by atoms with Crippen molar-refractivity contribution in [3.05, 3.63) is 205 Å². The molecule has 0 amide bonds. The summed E-state index contributed by atoms with van der Waals surface area (Å²) >= 11 is 4.62. The van der Waals surface area contributed by atoms with Crippen LogP contribution in [0.3, 0.4) is 0 Å². The standard InChI is InChI=1S/C100H94N20O20S4/c1-21-133-93(121)81-49(5)117(9)97(141-81)113-101-45-53-33-69(125-13)77(70(34-53)126-14)137-57-25-29-61-65(41-57)89-105-85(61)110-90-67-43-59(139-79-73(129-17)37-55(38-74(79)130-18)47-103-115-99-119(11)51(7)83(143-99)95(123)135-23-3)27-31-63(67)87(107-90)112-92-68-44-60(140-80-75(131-19)39-56(40-76(80)132-20)48-104-116-100-120(12)52(8)84(144-100)96(124)136-24-4)28-32-64(68)88(108-92)111-91-66-42-58(26-30-62(66)86(106-91)109-89)138-78-71(127-15)35-54(36-72(78)128-16)46-102-114-98-118(10)50(6)82(142-98)94(122)134-22-2/h25-48H,21-24H2,1-20H3,(H2,105,106,107,108,109,110,111,112)/b101-45+,102-46+,103-47+,104-48+,113-97-,114-98+,115-99+,116-100-. The molecule has 0 fully saturated rings. The lowest BCUT2D eigenvalue weighted by Crippen LogP contribution is -2.11. The molecule has 8 bridgehead atoms. The number of carbonyl (C=O) groups excluding carboxylic acids is 4. The molecule has 40 nitrogen and oxygen atoms in total. The lowest BCUT2D eigenvalue weighted by Gasteiger charge is -2.15. The van der Waals surface area contributed by atoms with Crippen LogP contribution in [-0.2, 0) is 47.1 Å². The van der Waals surface area contributed by atoms with Gasteiger partial charge in [0.15, 0.2) is 69.3 Å². The van der Waals surface area contributed by atoms with Crippen LogP contribution in [0.4, 0.5) is 0 Å². The SMILES string of the molecule is CCOC(=O)c1s/c(=N\N=C\c2cc(OC)c(Oc3ccc4c5nc6nc(nc7[nH]c(nc8nc(nc([nH]5)c4c3)-c3ccc(Oc4c(OC)cc(/C=N/N=c5/sc(C(=O)OCC)c(C)n5C)cc4OC)cc3-8)c3ccc(Oc4c(OC)cc(/C=N/N=c5\sc(C(=O)OCC)c(C)n5C)cc4OC)cc73)-c3ccc(Oc4c(OC)cc(/C=N/N=c5/sc(C(=O)OCC)c(C)n5C)cc4OC)cc3-6)c(OC)c2)n(C)c1C. The molecule has 15 aromatic rings. The number of benzene rings is 8. The first-order chi connectivity index (χ1) is 69.7. The maximum Gasteiger partial charge on any atom is 0.350 e. The molecule has 0 unspecified atom stereocenters. The number of aromatic amines is 2. The summed E-state index contributed by atoms with van der Waals surface area (Å²) < 4.78 is 104. The number of esters is 4. The Balaban J connectivity index is 0.828. The summed E-state index contributed by atoms with van der Waals surface area (Å²) in [7, 11) is 19.2. The van der Waals surface area contributed by atoms with Crippen LogP contribution in [0.25, 0.3) is 89.7 Å². The first kappa shape index (κ1) is 98.6. The molecule has 8 aromatic carbocycles. The number of methoxy groups -OCH3 is 8. The molecule has 738 valence electrons. The zero-order valence-corrected chi connectivity index (χ0v) is 84.8. The Labute approximate surface area is 836 Å². The fourth-order valence-electron chi connectivity index (χ4n) is 15.3. The van der Waals surface area contributed by atoms with Gasteiger partial charge in [0, 0.05) is 117 Å². The average Bonchev–Trinajstić information content (AvgIpc) is 1.59. The molecule has 2 N–H and O–H groups in total. The second-order valence-electron chi connectivity index (χ2n) is 31.6. The van der Waals surface area contributed by atoms with Crippen molar-refractivity contribution in [3.63, 3.8) is 0 Å². The molecular weight excluding hydrogens is 1930 g/mol. The van der Waals surface area contributed by atoms with Crippen molar-refractivity contribution in [1.29, 1.82) is 0 Å². The zero-order valence-electron chi connectivity index (χ0n) is 81.5. The average molecular weight is 2020 g/mol. The van der Waals surface area contributed by atoms with Gasteiger partial charge in [0.2, 0.25) is 42.2 Å². The van der Waals surface area contributed by atoms with Gasteiger partial charge >= 0.3 is 23.9 Å². The fraction of sp³-hybridized carbons (Fsp3) is 0.240. The molecule has 2 aliphatic heterocycles. The van der Waals surface area contributed by atoms with Crippen molar-refractivity contribution in [1.82, 2.24) is 58.1 Å². The van der Waals surface area contributed by atoms with Crippen LogP contribution in [0.2, 0.25) is 0 Å². The van der Waals surface area contributed by atoms with Crippen molar-refractivity contribution in [2.75, 3.05) is 83.3 Å². The molecule has 2 aliphatic rings. The van der Waals surface area contributed by atoms with Gasteiger partial charge in [0.1, 0.15) is 65.1 Å². The van der Waals surface area contributed by atoms with E-state index in [1.807, 2.05) is 52.0 Å². The van der Waals surface area contributed by atoms with E-state index in [1.165, 1.54) is 81.7 Å². The number of nitrogens with one attached hydrogen (secondary N) is 2. The van der Waals surface area contributed by atoms with Gasteiger partial charge in [0.05, 0.1) is 108 Å². The minimum atomic E-state index is -0.450. The van der Waals surface area contributed by atoms with Gasteiger partial charge in [-0.25, -0.2) is 49.1 Å². The zero-order chi connectivity index (χ0) is 102. The van der Waals surface area contributed by atoms with Gasteiger partial charge in [-0.15, -0.1) is 20.4 Å². The van der Waals surface area contributed by atoms with E-state index in [9.17, 15) is 19.2 Å². The van der Waals surface area contributed by atoms with Crippen LogP contribution in [-0.4, -0.2) is 190 Å². The molecule has 44 heteroatoms. The highest BCUT2D eigenvalue weighted by Gasteiger charge is 2.30. The summed E-state index contributed by atoms with van der Waals surface area (Å²) in [6.45, 7) is 15.1. The number of hydrogen-bond acceptors (Lipinski definition) is 38. The predicted molar refractivity (Wildman–Crippen MR) is 543 cm³/mol. The number of hydrogen-bond donors (Lipinski definition) is 2. The number of thiazole rings is 4. The van der Waals surface area contributed by atoms with Gasteiger partial charge in [-0.1, -0.05) is 45.3 Å². The molecular formula is C100H94N20O20S4. The second-order valence-corrected chi connectivity index (χ2v) is 35.5. The van der Waals surface area contributed by atoms with Gasteiger partial charge in [-0.3, -0.25) is 0 Å². The van der Waals surface area contributed by atoms with Gasteiger partial charge < -0.3 is 104 Å². The van der Waals surface area contributed by atoms with Gasteiger partial charge in [-0.2, -0.15) is 20.4 Å². The Kier molecular flexibility index (Phi) is 29.2. The summed E-state index contributed by atoms with van der Waals surface area (Å²) in [6.07, 6.45) is 6.11. The summed E-state index contributed by atoms with van der Waals surface area (Å²) in [5, 5.41) is 37.5. The van der Waals surface area contributed by atoms with Crippen LogP contribution in [0, 0.1) is 27.7 Å². The van der Waals surface area contributed by atoms with Crippen LogP contribution in [0.5, 0.6) is 92.0 Å². The third-order valence-corrected chi connectivity index (χ3v) is 27.8. The van der Waals surface area contributed by atoms with Crippen LogP contribution >= 0.6 is 45.3 Å². The lowest BCUT2D eigenvalue weighted by atomic mass is 10.1. The van der Waals surface area contributed by atoms with Crippen molar-refractivity contribution in [2.45, 2.75) is 55.4 Å². The van der Waals surface area contributed by atoms with Crippen molar-refractivity contribution >= 4 is 138 Å². The van der Waals surface area contributed by atoms with E-state index in [0.717, 1.165) is 45.3 Å². The Bertz CT molecular complexity index is 7750. The van der Waals surface area contributed by atoms with E-state index in [1.54, 1.807) is 171 Å². The molecule has 9 heterocycles. The highest BCUT2D eigenvalue weighted by molar-refractivity contribution is 7.12. The van der Waals surface area contributed by atoms with E-state index in [-0.39, 0.29) is 141 Å². The molecule has 0 saturated carbocycles. The van der Waals surface area contributed by atoms with Gasteiger partial charge in [0.25, 0.3) is 0 Å². The largest absolute Gasteiger partial charge is 0.493 e. The molecule has 17 rings (SSSR count). The first-order valence-corrected chi connectivity index (χ1v) is 47.8. The number of aromatic nitrogens is 12. The molecule has 0 aliphatic carbocycles. The van der Waals surface area contributed by atoms with Crippen molar-refractivity contribution < 1.29 is 95.0 Å². The molecule has 0 spiro atoms. The third kappa shape index (κ3) is 19.9. The first-order valence-electron chi connectivity index (χ1n) is 44.5. The summed E-state index contributed by atoms with van der Waals surface area (Å²) in [6, 6.07) is 35.2. The number of carbonyl (C=O) groups is 4. The Morgan fingerprint density at radius 3 is 0.757 bits per heavy atom.